The Hall–Kier alpha value is -3.07. The summed E-state index contributed by atoms with van der Waals surface area (Å²) in [5.41, 5.74) is 1.59. The maximum atomic E-state index is 13.6. The minimum absolute atomic E-state index is 0.0195. The molecule has 1 N–H and O–H groups in total. The highest BCUT2D eigenvalue weighted by Crippen LogP contribution is 2.35. The first-order chi connectivity index (χ1) is 15.3. The lowest BCUT2D eigenvalue weighted by Crippen LogP contribution is -2.36. The number of carbonyl (C=O) groups is 2. The third kappa shape index (κ3) is 5.04. The minimum atomic E-state index is -4.00. The van der Waals surface area contributed by atoms with E-state index in [1.807, 2.05) is 26.0 Å². The number of carbonyl (C=O) groups excluding carboxylic acids is 2. The van der Waals surface area contributed by atoms with Crippen LogP contribution in [0.4, 0.5) is 5.69 Å². The molecule has 0 saturated carbocycles. The van der Waals surface area contributed by atoms with E-state index < -0.39 is 28.5 Å². The average Bonchev–Trinajstić information content (AvgIpc) is 2.81. The average molecular weight is 461 g/mol. The summed E-state index contributed by atoms with van der Waals surface area (Å²) in [6.45, 7) is 3.65. The molecule has 1 atom stereocenters. The molecule has 1 amide bonds. The molecule has 172 valence electrons. The van der Waals surface area contributed by atoms with Crippen LogP contribution in [0.5, 0.6) is 5.75 Å². The molecule has 1 heterocycles. The molecule has 32 heavy (non-hydrogen) atoms. The summed E-state index contributed by atoms with van der Waals surface area (Å²) in [4.78, 5) is 24.3. The molecule has 0 fully saturated rings. The highest BCUT2D eigenvalue weighted by atomic mass is 32.2. The van der Waals surface area contributed by atoms with Gasteiger partial charge in [0.15, 0.2) is 6.61 Å². The Morgan fingerprint density at radius 1 is 1.19 bits per heavy atom. The summed E-state index contributed by atoms with van der Waals surface area (Å²) in [6, 6.07) is 11.4. The molecular formula is C23H28N2O6S. The molecule has 0 aromatic heterocycles. The second-order valence-electron chi connectivity index (χ2n) is 7.63. The van der Waals surface area contributed by atoms with E-state index in [0.29, 0.717) is 18.7 Å². The van der Waals surface area contributed by atoms with E-state index in [2.05, 4.69) is 5.32 Å². The quantitative estimate of drug-likeness (QED) is 0.608. The van der Waals surface area contributed by atoms with E-state index >= 15 is 0 Å². The van der Waals surface area contributed by atoms with Crippen molar-refractivity contribution in [3.05, 3.63) is 53.6 Å². The second-order valence-corrected chi connectivity index (χ2v) is 9.46. The summed E-state index contributed by atoms with van der Waals surface area (Å²) in [6.07, 6.45) is 2.23. The van der Waals surface area contributed by atoms with Gasteiger partial charge in [-0.15, -0.1) is 0 Å². The number of hydrogen-bond acceptors (Lipinski definition) is 6. The topological polar surface area (TPSA) is 102 Å². The Labute approximate surface area is 188 Å². The van der Waals surface area contributed by atoms with Crippen molar-refractivity contribution >= 4 is 27.6 Å². The number of rotatable bonds is 8. The van der Waals surface area contributed by atoms with Crippen LogP contribution >= 0.6 is 0 Å². The fraction of sp³-hybridized carbons (Fsp3) is 0.391. The normalized spacial score (nSPS) is 14.3. The predicted molar refractivity (Wildman–Crippen MR) is 120 cm³/mol. The number of sulfonamides is 1. The van der Waals surface area contributed by atoms with Gasteiger partial charge in [0.25, 0.3) is 15.9 Å². The molecule has 1 aliphatic rings. The van der Waals surface area contributed by atoms with Crippen LogP contribution in [-0.2, 0) is 26.0 Å². The van der Waals surface area contributed by atoms with Crippen molar-refractivity contribution in [2.45, 2.75) is 44.0 Å². The number of hydrogen-bond donors (Lipinski definition) is 1. The van der Waals surface area contributed by atoms with Crippen molar-refractivity contribution < 1.29 is 27.5 Å². The highest BCUT2D eigenvalue weighted by Gasteiger charge is 2.32. The summed E-state index contributed by atoms with van der Waals surface area (Å²) in [5.74, 6) is -1.08. The zero-order valence-electron chi connectivity index (χ0n) is 18.5. The van der Waals surface area contributed by atoms with Crippen LogP contribution in [0.15, 0.2) is 47.4 Å². The van der Waals surface area contributed by atoms with Crippen LogP contribution in [0.2, 0.25) is 0 Å². The van der Waals surface area contributed by atoms with Crippen molar-refractivity contribution in [2.75, 3.05) is 24.6 Å². The summed E-state index contributed by atoms with van der Waals surface area (Å²) < 4.78 is 38.8. The van der Waals surface area contributed by atoms with Gasteiger partial charge in [-0.2, -0.15) is 0 Å². The number of methoxy groups -OCH3 is 1. The summed E-state index contributed by atoms with van der Waals surface area (Å²) in [7, 11) is -2.63. The molecule has 0 spiro atoms. The van der Waals surface area contributed by atoms with Gasteiger partial charge in [-0.3, -0.25) is 9.10 Å². The molecule has 0 aliphatic carbocycles. The minimum Gasteiger partial charge on any atom is -0.495 e. The number of nitrogens with one attached hydrogen (secondary N) is 1. The molecule has 0 radical (unpaired) electrons. The monoisotopic (exact) mass is 460 g/mol. The van der Waals surface area contributed by atoms with Crippen molar-refractivity contribution in [1.82, 2.24) is 5.32 Å². The molecule has 3 rings (SSSR count). The number of aryl methyl sites for hydroxylation is 1. The van der Waals surface area contributed by atoms with Crippen LogP contribution in [-0.4, -0.2) is 46.6 Å². The van der Waals surface area contributed by atoms with Gasteiger partial charge in [-0.1, -0.05) is 25.1 Å². The van der Waals surface area contributed by atoms with E-state index in [1.165, 1.54) is 29.6 Å². The smallest absolute Gasteiger partial charge is 0.338 e. The molecule has 2 aromatic carbocycles. The number of fused-ring (bicyclic) bond motifs is 1. The van der Waals surface area contributed by atoms with Crippen LogP contribution < -0.4 is 14.4 Å². The molecular weight excluding hydrogens is 432 g/mol. The van der Waals surface area contributed by atoms with Gasteiger partial charge in [-0.25, -0.2) is 13.2 Å². The van der Waals surface area contributed by atoms with E-state index in [9.17, 15) is 18.0 Å². The lowest BCUT2D eigenvalue weighted by atomic mass is 10.0. The number of para-hydroxylation sites is 1. The Bertz CT molecular complexity index is 1100. The molecule has 8 nitrogen and oxygen atoms in total. The van der Waals surface area contributed by atoms with Crippen LogP contribution in [0.3, 0.4) is 0 Å². The van der Waals surface area contributed by atoms with Crippen LogP contribution in [0.25, 0.3) is 0 Å². The maximum absolute atomic E-state index is 13.6. The Morgan fingerprint density at radius 2 is 1.94 bits per heavy atom. The summed E-state index contributed by atoms with van der Waals surface area (Å²) >= 11 is 0. The lowest BCUT2D eigenvalue weighted by molar-refractivity contribution is -0.124. The first-order valence-corrected chi connectivity index (χ1v) is 12.0. The SMILES string of the molecule is CC[C@@H](C)NC(=O)COC(=O)c1ccc(OC)c(S(=O)(=O)N2CCCc3ccccc32)c1. The zero-order chi connectivity index (χ0) is 23.3. The van der Waals surface area contributed by atoms with Crippen molar-refractivity contribution in [3.8, 4) is 5.75 Å². The molecule has 0 saturated heterocycles. The maximum Gasteiger partial charge on any atom is 0.338 e. The van der Waals surface area contributed by atoms with Crippen LogP contribution in [0, 0.1) is 0 Å². The largest absolute Gasteiger partial charge is 0.495 e. The fourth-order valence-electron chi connectivity index (χ4n) is 3.51. The number of ether oxygens (including phenoxy) is 2. The van der Waals surface area contributed by atoms with Crippen molar-refractivity contribution in [1.29, 1.82) is 0 Å². The standard InChI is InChI=1S/C23H28N2O6S/c1-4-16(2)24-22(26)15-31-23(27)18-11-12-20(30-3)21(14-18)32(28,29)25-13-7-9-17-8-5-6-10-19(17)25/h5-6,8,10-12,14,16H,4,7,9,13,15H2,1-3H3,(H,24,26)/t16-/m1/s1. The number of nitrogens with zero attached hydrogens (tertiary/aromatic N) is 1. The number of benzene rings is 2. The number of esters is 1. The fourth-order valence-corrected chi connectivity index (χ4v) is 5.23. The van der Waals surface area contributed by atoms with Crippen LogP contribution in [0.1, 0.15) is 42.6 Å². The Balaban J connectivity index is 1.87. The third-order valence-electron chi connectivity index (χ3n) is 5.39. The van der Waals surface area contributed by atoms with Gasteiger partial charge in [-0.05, 0) is 56.0 Å². The third-order valence-corrected chi connectivity index (χ3v) is 7.22. The molecule has 1 aliphatic heterocycles. The van der Waals surface area contributed by atoms with Crippen molar-refractivity contribution in [2.24, 2.45) is 0 Å². The van der Waals surface area contributed by atoms with E-state index in [0.717, 1.165) is 18.4 Å². The zero-order valence-corrected chi connectivity index (χ0v) is 19.3. The number of anilines is 1. The first kappa shape index (κ1) is 23.6. The van der Waals surface area contributed by atoms with E-state index in [4.69, 9.17) is 9.47 Å². The molecule has 0 bridgehead atoms. The predicted octanol–water partition coefficient (Wildman–Crippen LogP) is 2.91. The summed E-state index contributed by atoms with van der Waals surface area (Å²) in [5, 5.41) is 2.70. The van der Waals surface area contributed by atoms with E-state index in [-0.39, 0.29) is 22.3 Å². The van der Waals surface area contributed by atoms with Gasteiger partial charge in [0.1, 0.15) is 10.6 Å². The second kappa shape index (κ2) is 10.0. The Kier molecular flexibility index (Phi) is 7.40. The van der Waals surface area contributed by atoms with E-state index in [1.54, 1.807) is 12.1 Å². The van der Waals surface area contributed by atoms with Gasteiger partial charge >= 0.3 is 5.97 Å². The highest BCUT2D eigenvalue weighted by molar-refractivity contribution is 7.93. The Morgan fingerprint density at radius 3 is 2.66 bits per heavy atom. The first-order valence-electron chi connectivity index (χ1n) is 10.5. The van der Waals surface area contributed by atoms with Gasteiger partial charge in [0.05, 0.1) is 18.4 Å². The molecule has 2 aromatic rings. The number of amides is 1. The molecule has 9 heteroatoms. The van der Waals surface area contributed by atoms with Gasteiger partial charge in [0.2, 0.25) is 0 Å². The van der Waals surface area contributed by atoms with Gasteiger partial charge < -0.3 is 14.8 Å². The molecule has 0 unspecified atom stereocenters. The van der Waals surface area contributed by atoms with Crippen molar-refractivity contribution in [3.63, 3.8) is 0 Å². The lowest BCUT2D eigenvalue weighted by Gasteiger charge is -2.30. The van der Waals surface area contributed by atoms with Gasteiger partial charge in [0, 0.05) is 12.6 Å².